The zero-order chi connectivity index (χ0) is 9.10. The predicted octanol–water partition coefficient (Wildman–Crippen LogP) is 1.82. The molecular formula is C10H12FNO. The van der Waals surface area contributed by atoms with Crippen LogP contribution in [0.4, 0.5) is 10.1 Å². The van der Waals surface area contributed by atoms with Crippen LogP contribution in [-0.4, -0.2) is 26.1 Å². The maximum Gasteiger partial charge on any atom is 0.216 e. The highest BCUT2D eigenvalue weighted by molar-refractivity contribution is 5.46. The van der Waals surface area contributed by atoms with Gasteiger partial charge in [0.1, 0.15) is 0 Å². The second-order valence-corrected chi connectivity index (χ2v) is 3.06. The second-order valence-electron chi connectivity index (χ2n) is 3.06. The SMILES string of the molecule is FC1CN(c2ccccc2)CCO1. The van der Waals surface area contributed by atoms with Gasteiger partial charge in [-0.2, -0.15) is 0 Å². The molecule has 0 aromatic heterocycles. The molecule has 0 N–H and O–H groups in total. The first-order valence-electron chi connectivity index (χ1n) is 4.42. The number of benzene rings is 1. The Balaban J connectivity index is 2.08. The van der Waals surface area contributed by atoms with Crippen molar-refractivity contribution in [2.24, 2.45) is 0 Å². The lowest BCUT2D eigenvalue weighted by Crippen LogP contribution is -2.40. The summed E-state index contributed by atoms with van der Waals surface area (Å²) in [4.78, 5) is 1.99. The maximum absolute atomic E-state index is 12.9. The van der Waals surface area contributed by atoms with Crippen molar-refractivity contribution in [2.45, 2.75) is 6.36 Å². The van der Waals surface area contributed by atoms with Gasteiger partial charge in [0.25, 0.3) is 0 Å². The normalized spacial score (nSPS) is 23.2. The molecular weight excluding hydrogens is 169 g/mol. The van der Waals surface area contributed by atoms with Crippen molar-refractivity contribution in [3.63, 3.8) is 0 Å². The van der Waals surface area contributed by atoms with Gasteiger partial charge in [-0.3, -0.25) is 0 Å². The smallest absolute Gasteiger partial charge is 0.216 e. The number of rotatable bonds is 1. The molecule has 0 aliphatic carbocycles. The first-order valence-corrected chi connectivity index (χ1v) is 4.42. The average Bonchev–Trinajstić information content (AvgIpc) is 2.19. The third-order valence-corrected chi connectivity index (χ3v) is 2.15. The molecule has 1 unspecified atom stereocenters. The molecule has 1 heterocycles. The lowest BCUT2D eigenvalue weighted by Gasteiger charge is -2.30. The van der Waals surface area contributed by atoms with E-state index in [0.29, 0.717) is 13.2 Å². The van der Waals surface area contributed by atoms with Crippen molar-refractivity contribution in [2.75, 3.05) is 24.6 Å². The molecule has 1 fully saturated rings. The van der Waals surface area contributed by atoms with Crippen LogP contribution in [0.5, 0.6) is 0 Å². The number of anilines is 1. The van der Waals surface area contributed by atoms with Gasteiger partial charge in [-0.1, -0.05) is 18.2 Å². The van der Waals surface area contributed by atoms with Crippen LogP contribution in [0.3, 0.4) is 0 Å². The Morgan fingerprint density at radius 1 is 1.31 bits per heavy atom. The summed E-state index contributed by atoms with van der Waals surface area (Å²) in [5, 5.41) is 0. The van der Waals surface area contributed by atoms with Crippen LogP contribution in [0.15, 0.2) is 30.3 Å². The molecule has 3 heteroatoms. The van der Waals surface area contributed by atoms with Crippen molar-refractivity contribution >= 4 is 5.69 Å². The largest absolute Gasteiger partial charge is 0.364 e. The molecule has 1 aliphatic rings. The van der Waals surface area contributed by atoms with Gasteiger partial charge >= 0.3 is 0 Å². The number of nitrogens with zero attached hydrogens (tertiary/aromatic N) is 1. The van der Waals surface area contributed by atoms with Gasteiger partial charge in [-0.05, 0) is 12.1 Å². The van der Waals surface area contributed by atoms with E-state index in [1.54, 1.807) is 0 Å². The lowest BCUT2D eigenvalue weighted by atomic mass is 10.2. The summed E-state index contributed by atoms with van der Waals surface area (Å²) >= 11 is 0. The Morgan fingerprint density at radius 3 is 2.77 bits per heavy atom. The van der Waals surface area contributed by atoms with Gasteiger partial charge < -0.3 is 9.64 Å². The van der Waals surface area contributed by atoms with Gasteiger partial charge in [0, 0.05) is 12.2 Å². The lowest BCUT2D eigenvalue weighted by molar-refractivity contribution is -0.0465. The van der Waals surface area contributed by atoms with Gasteiger partial charge in [0.2, 0.25) is 6.36 Å². The Hall–Kier alpha value is -1.09. The number of morpholine rings is 1. The topological polar surface area (TPSA) is 12.5 Å². The van der Waals surface area contributed by atoms with E-state index < -0.39 is 6.36 Å². The molecule has 0 bridgehead atoms. The van der Waals surface area contributed by atoms with Crippen LogP contribution >= 0.6 is 0 Å². The Morgan fingerprint density at radius 2 is 2.08 bits per heavy atom. The zero-order valence-electron chi connectivity index (χ0n) is 7.32. The van der Waals surface area contributed by atoms with Crippen molar-refractivity contribution in [1.29, 1.82) is 0 Å². The highest BCUT2D eigenvalue weighted by Crippen LogP contribution is 2.16. The van der Waals surface area contributed by atoms with Gasteiger partial charge in [-0.25, -0.2) is 4.39 Å². The minimum atomic E-state index is -1.14. The second kappa shape index (κ2) is 3.75. The molecule has 1 aromatic carbocycles. The summed E-state index contributed by atoms with van der Waals surface area (Å²) in [6.45, 7) is 1.57. The highest BCUT2D eigenvalue weighted by Gasteiger charge is 2.19. The van der Waals surface area contributed by atoms with Crippen LogP contribution in [0, 0.1) is 0 Å². The quantitative estimate of drug-likeness (QED) is 0.655. The fourth-order valence-corrected chi connectivity index (χ4v) is 1.48. The summed E-state index contributed by atoms with van der Waals surface area (Å²) in [7, 11) is 0. The van der Waals surface area contributed by atoms with Crippen LogP contribution in [0.1, 0.15) is 0 Å². The molecule has 2 rings (SSSR count). The van der Waals surface area contributed by atoms with Crippen LogP contribution in [0.2, 0.25) is 0 Å². The van der Waals surface area contributed by atoms with Crippen molar-refractivity contribution < 1.29 is 9.13 Å². The third kappa shape index (κ3) is 1.98. The molecule has 2 nitrogen and oxygen atoms in total. The van der Waals surface area contributed by atoms with E-state index in [-0.39, 0.29) is 0 Å². The monoisotopic (exact) mass is 181 g/mol. The Bertz CT molecular complexity index is 265. The fourth-order valence-electron chi connectivity index (χ4n) is 1.48. The summed E-state index contributed by atoms with van der Waals surface area (Å²) in [6, 6.07) is 9.84. The molecule has 0 spiro atoms. The summed E-state index contributed by atoms with van der Waals surface area (Å²) in [5.74, 6) is 0. The molecule has 1 aliphatic heterocycles. The van der Waals surface area contributed by atoms with Crippen molar-refractivity contribution in [1.82, 2.24) is 0 Å². The molecule has 70 valence electrons. The zero-order valence-corrected chi connectivity index (χ0v) is 7.32. The number of para-hydroxylation sites is 1. The van der Waals surface area contributed by atoms with E-state index in [9.17, 15) is 4.39 Å². The predicted molar refractivity (Wildman–Crippen MR) is 49.5 cm³/mol. The molecule has 1 aromatic rings. The summed E-state index contributed by atoms with van der Waals surface area (Å²) in [6.07, 6.45) is -1.14. The standard InChI is InChI=1S/C10H12FNO/c11-10-8-12(6-7-13-10)9-4-2-1-3-5-9/h1-5,10H,6-8H2. The van der Waals surface area contributed by atoms with Crippen LogP contribution in [-0.2, 0) is 4.74 Å². The fraction of sp³-hybridized carbons (Fsp3) is 0.400. The number of hydrogen-bond donors (Lipinski definition) is 0. The minimum Gasteiger partial charge on any atom is -0.364 e. The highest BCUT2D eigenvalue weighted by atomic mass is 19.1. The molecule has 13 heavy (non-hydrogen) atoms. The molecule has 1 saturated heterocycles. The van der Waals surface area contributed by atoms with E-state index in [1.165, 1.54) is 0 Å². The van der Waals surface area contributed by atoms with Crippen molar-refractivity contribution in [3.05, 3.63) is 30.3 Å². The van der Waals surface area contributed by atoms with Gasteiger partial charge in [-0.15, -0.1) is 0 Å². The van der Waals surface area contributed by atoms with Crippen LogP contribution in [0.25, 0.3) is 0 Å². The van der Waals surface area contributed by atoms with E-state index in [1.807, 2.05) is 35.2 Å². The third-order valence-electron chi connectivity index (χ3n) is 2.15. The maximum atomic E-state index is 12.9. The first kappa shape index (κ1) is 8.51. The van der Waals surface area contributed by atoms with Gasteiger partial charge in [0.15, 0.2) is 0 Å². The Labute approximate surface area is 76.9 Å². The number of hydrogen-bond acceptors (Lipinski definition) is 2. The van der Waals surface area contributed by atoms with E-state index in [0.717, 1.165) is 12.2 Å². The average molecular weight is 181 g/mol. The van der Waals surface area contributed by atoms with E-state index >= 15 is 0 Å². The minimum absolute atomic E-state index is 0.337. The molecule has 0 saturated carbocycles. The van der Waals surface area contributed by atoms with Crippen molar-refractivity contribution in [3.8, 4) is 0 Å². The first-order chi connectivity index (χ1) is 6.36. The summed E-state index contributed by atoms with van der Waals surface area (Å²) < 4.78 is 17.7. The molecule has 0 amide bonds. The summed E-state index contributed by atoms with van der Waals surface area (Å²) in [5.41, 5.74) is 1.06. The number of halogens is 1. The van der Waals surface area contributed by atoms with E-state index in [4.69, 9.17) is 4.74 Å². The van der Waals surface area contributed by atoms with E-state index in [2.05, 4.69) is 0 Å². The molecule has 1 atom stereocenters. The molecule has 0 radical (unpaired) electrons. The Kier molecular flexibility index (Phi) is 2.45. The number of alkyl halides is 1. The number of ether oxygens (including phenoxy) is 1. The van der Waals surface area contributed by atoms with Crippen LogP contribution < -0.4 is 4.90 Å². The van der Waals surface area contributed by atoms with Gasteiger partial charge in [0.05, 0.1) is 13.2 Å².